The minimum Gasteiger partial charge on any atom is -0.375 e. The lowest BCUT2D eigenvalue weighted by Crippen LogP contribution is -2.43. The number of likely N-dealkylation sites (tertiary alicyclic amines) is 1. The number of rotatable bonds is 7. The Hall–Kier alpha value is -1.99. The zero-order chi connectivity index (χ0) is 18.4. The van der Waals surface area contributed by atoms with Gasteiger partial charge < -0.3 is 11.1 Å². The van der Waals surface area contributed by atoms with Gasteiger partial charge in [0, 0.05) is 11.9 Å². The van der Waals surface area contributed by atoms with Gasteiger partial charge in [0.15, 0.2) is 5.13 Å². The quantitative estimate of drug-likeness (QED) is 0.728. The molecule has 1 fully saturated rings. The van der Waals surface area contributed by atoms with E-state index in [0.29, 0.717) is 11.7 Å². The highest BCUT2D eigenvalue weighted by molar-refractivity contribution is 7.13. The van der Waals surface area contributed by atoms with E-state index in [0.717, 1.165) is 50.0 Å². The number of nitrogens with one attached hydrogen (secondary N) is 1. The lowest BCUT2D eigenvalue weighted by Gasteiger charge is -2.34. The molecule has 7 heteroatoms. The van der Waals surface area contributed by atoms with E-state index in [1.807, 2.05) is 5.38 Å². The standard InChI is InChI=1S/C19H25FN4OS/c20-15-8-6-14(7-9-15)17(24-11-2-1-3-12-24)18(25)22-10-4-5-16-13-26-19(21)23-16/h6-9,13,17H,1-5,10-12H2,(H2,21,23)(H,22,25)/t17-/m1/s1. The molecule has 1 aliphatic rings. The van der Waals surface area contributed by atoms with Gasteiger partial charge in [0.05, 0.1) is 5.69 Å². The number of piperidine rings is 1. The Bertz CT molecular complexity index is 713. The first-order chi connectivity index (χ1) is 12.6. The lowest BCUT2D eigenvalue weighted by atomic mass is 10.0. The average molecular weight is 377 g/mol. The summed E-state index contributed by atoms with van der Waals surface area (Å²) < 4.78 is 13.3. The molecule has 0 radical (unpaired) electrons. The Labute approximate surface area is 157 Å². The van der Waals surface area contributed by atoms with Crippen molar-refractivity contribution in [3.05, 3.63) is 46.7 Å². The van der Waals surface area contributed by atoms with Gasteiger partial charge in [-0.15, -0.1) is 11.3 Å². The number of hydrogen-bond acceptors (Lipinski definition) is 5. The van der Waals surface area contributed by atoms with E-state index in [4.69, 9.17) is 5.73 Å². The molecule has 1 aromatic carbocycles. The van der Waals surface area contributed by atoms with Crippen LogP contribution >= 0.6 is 11.3 Å². The molecule has 1 amide bonds. The second kappa shape index (κ2) is 9.09. The van der Waals surface area contributed by atoms with E-state index >= 15 is 0 Å². The van der Waals surface area contributed by atoms with Gasteiger partial charge in [0.25, 0.3) is 0 Å². The topological polar surface area (TPSA) is 71.2 Å². The van der Waals surface area contributed by atoms with Gasteiger partial charge >= 0.3 is 0 Å². The third kappa shape index (κ3) is 5.02. The summed E-state index contributed by atoms with van der Waals surface area (Å²) in [7, 11) is 0. The molecule has 3 rings (SSSR count). The van der Waals surface area contributed by atoms with Crippen molar-refractivity contribution in [2.24, 2.45) is 0 Å². The van der Waals surface area contributed by atoms with Crippen LogP contribution in [-0.2, 0) is 11.2 Å². The molecule has 1 aliphatic heterocycles. The number of nitrogen functional groups attached to an aromatic ring is 1. The molecule has 5 nitrogen and oxygen atoms in total. The molecule has 0 aliphatic carbocycles. The zero-order valence-electron chi connectivity index (χ0n) is 14.8. The predicted molar refractivity (Wildman–Crippen MR) is 102 cm³/mol. The highest BCUT2D eigenvalue weighted by Gasteiger charge is 2.28. The molecule has 0 spiro atoms. The minimum absolute atomic E-state index is 0.0173. The molecule has 3 N–H and O–H groups in total. The number of benzene rings is 1. The number of halogens is 1. The number of hydrogen-bond donors (Lipinski definition) is 2. The maximum absolute atomic E-state index is 13.3. The zero-order valence-corrected chi connectivity index (χ0v) is 15.6. The fourth-order valence-corrected chi connectivity index (χ4v) is 3.96. The maximum Gasteiger partial charge on any atom is 0.241 e. The molecular formula is C19H25FN4OS. The third-order valence-electron chi connectivity index (χ3n) is 4.67. The minimum atomic E-state index is -0.356. The average Bonchev–Trinajstić information content (AvgIpc) is 3.07. The Balaban J connectivity index is 1.59. The maximum atomic E-state index is 13.3. The van der Waals surface area contributed by atoms with Crippen LogP contribution < -0.4 is 11.1 Å². The molecule has 1 aromatic heterocycles. The summed E-state index contributed by atoms with van der Waals surface area (Å²) in [5.74, 6) is -0.301. The summed E-state index contributed by atoms with van der Waals surface area (Å²) in [6.07, 6.45) is 4.99. The van der Waals surface area contributed by atoms with Crippen LogP contribution in [0.4, 0.5) is 9.52 Å². The lowest BCUT2D eigenvalue weighted by molar-refractivity contribution is -0.127. The third-order valence-corrected chi connectivity index (χ3v) is 5.39. The van der Waals surface area contributed by atoms with E-state index in [2.05, 4.69) is 15.2 Å². The second-order valence-corrected chi connectivity index (χ2v) is 7.51. The summed E-state index contributed by atoms with van der Waals surface area (Å²) in [6.45, 7) is 2.38. The van der Waals surface area contributed by atoms with Gasteiger partial charge in [-0.2, -0.15) is 0 Å². The Morgan fingerprint density at radius 2 is 2.00 bits per heavy atom. The van der Waals surface area contributed by atoms with Crippen LogP contribution in [0.5, 0.6) is 0 Å². The van der Waals surface area contributed by atoms with Crippen LogP contribution in [0.1, 0.15) is 43.0 Å². The van der Waals surface area contributed by atoms with E-state index in [1.165, 1.54) is 29.9 Å². The molecule has 0 saturated carbocycles. The first-order valence-corrected chi connectivity index (χ1v) is 9.98. The van der Waals surface area contributed by atoms with Crippen LogP contribution in [0.3, 0.4) is 0 Å². The molecular weight excluding hydrogens is 351 g/mol. The number of nitrogens with zero attached hydrogens (tertiary/aromatic N) is 2. The summed E-state index contributed by atoms with van der Waals surface area (Å²) in [5, 5.41) is 5.57. The molecule has 26 heavy (non-hydrogen) atoms. The Kier molecular flexibility index (Phi) is 6.57. The first-order valence-electron chi connectivity index (χ1n) is 9.10. The van der Waals surface area contributed by atoms with Crippen LogP contribution in [-0.4, -0.2) is 35.4 Å². The van der Waals surface area contributed by atoms with E-state index in [1.54, 1.807) is 12.1 Å². The summed E-state index contributed by atoms with van der Waals surface area (Å²) in [4.78, 5) is 19.3. The number of amides is 1. The SMILES string of the molecule is Nc1nc(CCCNC(=O)[C@@H](c2ccc(F)cc2)N2CCCCC2)cs1. The number of thiazole rings is 1. The molecule has 0 bridgehead atoms. The highest BCUT2D eigenvalue weighted by atomic mass is 32.1. The Morgan fingerprint density at radius 1 is 1.27 bits per heavy atom. The molecule has 1 saturated heterocycles. The van der Waals surface area contributed by atoms with Gasteiger partial charge in [0.1, 0.15) is 11.9 Å². The van der Waals surface area contributed by atoms with Crippen molar-refractivity contribution >= 4 is 22.4 Å². The summed E-state index contributed by atoms with van der Waals surface area (Å²) in [5.41, 5.74) is 7.44. The number of carbonyl (C=O) groups excluding carboxylic acids is 1. The van der Waals surface area contributed by atoms with Crippen LogP contribution in [0, 0.1) is 5.82 Å². The number of carbonyl (C=O) groups is 1. The second-order valence-electron chi connectivity index (χ2n) is 6.62. The highest BCUT2D eigenvalue weighted by Crippen LogP contribution is 2.25. The van der Waals surface area contributed by atoms with Gasteiger partial charge in [-0.05, 0) is 56.5 Å². The van der Waals surface area contributed by atoms with Crippen molar-refractivity contribution in [1.29, 1.82) is 0 Å². The largest absolute Gasteiger partial charge is 0.375 e. The molecule has 2 heterocycles. The molecule has 140 valence electrons. The predicted octanol–water partition coefficient (Wildman–Crippen LogP) is 3.14. The van der Waals surface area contributed by atoms with Gasteiger partial charge in [-0.3, -0.25) is 9.69 Å². The van der Waals surface area contributed by atoms with Gasteiger partial charge in [-0.1, -0.05) is 18.6 Å². The van der Waals surface area contributed by atoms with Crippen LogP contribution in [0.25, 0.3) is 0 Å². The summed E-state index contributed by atoms with van der Waals surface area (Å²) in [6, 6.07) is 5.92. The number of aromatic nitrogens is 1. The normalized spacial score (nSPS) is 16.3. The van der Waals surface area contributed by atoms with Gasteiger partial charge in [-0.25, -0.2) is 9.37 Å². The van der Waals surface area contributed by atoms with Crippen molar-refractivity contribution in [1.82, 2.24) is 15.2 Å². The van der Waals surface area contributed by atoms with Gasteiger partial charge in [0.2, 0.25) is 5.91 Å². The van der Waals surface area contributed by atoms with E-state index in [-0.39, 0.29) is 17.8 Å². The number of nitrogens with two attached hydrogens (primary N) is 1. The Morgan fingerprint density at radius 3 is 2.65 bits per heavy atom. The molecule has 2 aromatic rings. The first kappa shape index (κ1) is 18.8. The molecule has 1 atom stereocenters. The van der Waals surface area contributed by atoms with Crippen molar-refractivity contribution in [2.75, 3.05) is 25.4 Å². The van der Waals surface area contributed by atoms with E-state index < -0.39 is 0 Å². The molecule has 0 unspecified atom stereocenters. The fraction of sp³-hybridized carbons (Fsp3) is 0.474. The smallest absolute Gasteiger partial charge is 0.241 e. The van der Waals surface area contributed by atoms with Crippen LogP contribution in [0.15, 0.2) is 29.6 Å². The van der Waals surface area contributed by atoms with Crippen molar-refractivity contribution in [3.8, 4) is 0 Å². The van der Waals surface area contributed by atoms with E-state index in [9.17, 15) is 9.18 Å². The fourth-order valence-electron chi connectivity index (χ4n) is 3.36. The van der Waals surface area contributed by atoms with Crippen molar-refractivity contribution in [3.63, 3.8) is 0 Å². The van der Waals surface area contributed by atoms with Crippen molar-refractivity contribution < 1.29 is 9.18 Å². The van der Waals surface area contributed by atoms with Crippen LogP contribution in [0.2, 0.25) is 0 Å². The number of aryl methyl sites for hydroxylation is 1. The monoisotopic (exact) mass is 376 g/mol. The number of anilines is 1. The van der Waals surface area contributed by atoms with Crippen molar-refractivity contribution in [2.45, 2.75) is 38.1 Å². The summed E-state index contributed by atoms with van der Waals surface area (Å²) >= 11 is 1.43.